The first-order valence-corrected chi connectivity index (χ1v) is 11.7. The van der Waals surface area contributed by atoms with Gasteiger partial charge >= 0.3 is 0 Å². The van der Waals surface area contributed by atoms with Gasteiger partial charge in [0.2, 0.25) is 0 Å². The molecule has 6 nitrogen and oxygen atoms in total. The average Bonchev–Trinajstić information content (AvgIpc) is 3.44. The number of pyridine rings is 1. The molecule has 1 amide bonds. The Bertz CT molecular complexity index is 1840. The first-order chi connectivity index (χ1) is 17.4. The summed E-state index contributed by atoms with van der Waals surface area (Å²) in [7, 11) is 0. The number of nitrogen functional groups attached to an aromatic ring is 1. The predicted molar refractivity (Wildman–Crippen MR) is 142 cm³/mol. The lowest BCUT2D eigenvalue weighted by Crippen LogP contribution is -2.24. The summed E-state index contributed by atoms with van der Waals surface area (Å²) in [6.07, 6.45) is 0. The summed E-state index contributed by atoms with van der Waals surface area (Å²) in [5, 5.41) is 16.4. The molecule has 0 aliphatic carbocycles. The van der Waals surface area contributed by atoms with Gasteiger partial charge in [-0.3, -0.25) is 4.79 Å². The van der Waals surface area contributed by atoms with Gasteiger partial charge in [-0.15, -0.1) is 0 Å². The number of hydrogen-bond donors (Lipinski definition) is 2. The van der Waals surface area contributed by atoms with E-state index < -0.39 is 0 Å². The summed E-state index contributed by atoms with van der Waals surface area (Å²) in [4.78, 5) is 17.3. The van der Waals surface area contributed by atoms with Crippen molar-refractivity contribution in [3.8, 4) is 17.2 Å². The predicted octanol–water partition coefficient (Wildman–Crippen LogP) is 6.24. The van der Waals surface area contributed by atoms with E-state index in [1.54, 1.807) is 0 Å². The second-order valence-electron chi connectivity index (χ2n) is 9.05. The van der Waals surface area contributed by atoms with Crippen molar-refractivity contribution in [3.63, 3.8) is 0 Å². The molecule has 3 N–H and O–H groups in total. The fourth-order valence-corrected chi connectivity index (χ4v) is 5.04. The number of nitrogens with one attached hydrogen (secondary N) is 1. The third-order valence-corrected chi connectivity index (χ3v) is 6.84. The number of nitrogens with two attached hydrogens (primary N) is 1. The summed E-state index contributed by atoms with van der Waals surface area (Å²) in [6, 6.07) is 23.4. The maximum atomic E-state index is 13.0. The van der Waals surface area contributed by atoms with E-state index in [0.717, 1.165) is 60.7 Å². The number of fused-ring (bicyclic) bond motifs is 8. The molecule has 0 saturated heterocycles. The number of carbonyl (C=O) groups excluding carboxylic acids is 1. The molecule has 3 aromatic heterocycles. The molecule has 0 fully saturated rings. The minimum absolute atomic E-state index is 0.162. The van der Waals surface area contributed by atoms with Gasteiger partial charge in [-0.1, -0.05) is 24.3 Å². The summed E-state index contributed by atoms with van der Waals surface area (Å²) < 4.78 is 6.18. The SMILES string of the molecule is Cc1cc(N)nc(C)c1CNC(=O)c1ccc2c(c1)c1oc2c2cc(-c3ccccc3C#N)ccc21. The van der Waals surface area contributed by atoms with E-state index in [0.29, 0.717) is 23.5 Å². The van der Waals surface area contributed by atoms with Crippen LogP contribution in [0.2, 0.25) is 0 Å². The number of aromatic nitrogens is 1. The third-order valence-electron chi connectivity index (χ3n) is 6.84. The van der Waals surface area contributed by atoms with Gasteiger partial charge in [0.05, 0.1) is 11.6 Å². The Kier molecular flexibility index (Phi) is 4.87. The van der Waals surface area contributed by atoms with Crippen LogP contribution in [0, 0.1) is 25.2 Å². The van der Waals surface area contributed by atoms with Crippen LogP contribution in [-0.2, 0) is 6.54 Å². The van der Waals surface area contributed by atoms with Crippen molar-refractivity contribution >= 4 is 44.4 Å². The highest BCUT2D eigenvalue weighted by Crippen LogP contribution is 2.42. The van der Waals surface area contributed by atoms with Gasteiger partial charge in [0.15, 0.2) is 0 Å². The van der Waals surface area contributed by atoms with Crippen molar-refractivity contribution < 1.29 is 9.21 Å². The van der Waals surface area contributed by atoms with E-state index >= 15 is 0 Å². The second kappa shape index (κ2) is 8.10. The minimum atomic E-state index is -0.162. The highest BCUT2D eigenvalue weighted by atomic mass is 16.3. The zero-order valence-electron chi connectivity index (χ0n) is 19.8. The van der Waals surface area contributed by atoms with Crippen molar-refractivity contribution in [2.24, 2.45) is 0 Å². The van der Waals surface area contributed by atoms with E-state index in [1.165, 1.54) is 0 Å². The van der Waals surface area contributed by atoms with Crippen molar-refractivity contribution in [3.05, 3.63) is 94.7 Å². The maximum absolute atomic E-state index is 13.0. The van der Waals surface area contributed by atoms with Gasteiger partial charge < -0.3 is 15.5 Å². The number of nitrogens with zero attached hydrogens (tertiary/aromatic N) is 2. The van der Waals surface area contributed by atoms with Crippen molar-refractivity contribution in [2.45, 2.75) is 20.4 Å². The van der Waals surface area contributed by atoms with Crippen LogP contribution in [0.15, 0.2) is 71.1 Å². The fraction of sp³-hybridized carbons (Fsp3) is 0.100. The van der Waals surface area contributed by atoms with Gasteiger partial charge in [-0.2, -0.15) is 5.26 Å². The van der Waals surface area contributed by atoms with Gasteiger partial charge in [0, 0.05) is 39.3 Å². The molecule has 6 rings (SSSR count). The molecule has 0 saturated carbocycles. The molecule has 174 valence electrons. The van der Waals surface area contributed by atoms with Crippen LogP contribution >= 0.6 is 0 Å². The lowest BCUT2D eigenvalue weighted by atomic mass is 9.95. The molecule has 0 radical (unpaired) electrons. The number of aryl methyl sites for hydroxylation is 2. The third kappa shape index (κ3) is 3.33. The standard InChI is InChI=1S/C30H22N4O2/c1-16-11-27(32)34-17(2)26(16)15-33-30(35)19-8-10-23-25(13-19)29-22-9-7-18(12-24(22)28(23)36-29)21-6-4-3-5-20(21)14-31/h3-13H,15H2,1-2H3,(H2,32,34)(H,33,35). The Morgan fingerprint density at radius 1 is 0.972 bits per heavy atom. The summed E-state index contributed by atoms with van der Waals surface area (Å²) >= 11 is 0. The van der Waals surface area contributed by atoms with E-state index in [9.17, 15) is 10.1 Å². The molecule has 0 aliphatic heterocycles. The van der Waals surface area contributed by atoms with Crippen LogP contribution in [0.4, 0.5) is 5.82 Å². The second-order valence-corrected chi connectivity index (χ2v) is 9.05. The summed E-state index contributed by atoms with van der Waals surface area (Å²) in [5.41, 5.74) is 13.2. The molecule has 6 heteroatoms. The first kappa shape index (κ1) is 21.6. The van der Waals surface area contributed by atoms with E-state index in [4.69, 9.17) is 10.2 Å². The number of furan rings is 2. The van der Waals surface area contributed by atoms with Crippen molar-refractivity contribution in [1.29, 1.82) is 5.26 Å². The Hall–Kier alpha value is -4.89. The monoisotopic (exact) mass is 470 g/mol. The largest absolute Gasteiger partial charge is 0.455 e. The molecule has 6 aromatic rings. The number of benzene rings is 4. The van der Waals surface area contributed by atoms with Crippen molar-refractivity contribution in [1.82, 2.24) is 10.3 Å². The minimum Gasteiger partial charge on any atom is -0.455 e. The summed E-state index contributed by atoms with van der Waals surface area (Å²) in [5.74, 6) is 0.315. The number of hydrogen-bond acceptors (Lipinski definition) is 5. The van der Waals surface area contributed by atoms with E-state index in [1.807, 2.05) is 74.5 Å². The number of anilines is 1. The number of rotatable bonds is 4. The molecular weight excluding hydrogens is 448 g/mol. The normalized spacial score (nSPS) is 11.4. The number of carbonyl (C=O) groups is 1. The Morgan fingerprint density at radius 2 is 1.69 bits per heavy atom. The van der Waals surface area contributed by atoms with E-state index in [-0.39, 0.29) is 5.91 Å². The Labute approximate surface area is 207 Å². The Balaban J connectivity index is 1.35. The zero-order chi connectivity index (χ0) is 25.0. The maximum Gasteiger partial charge on any atom is 0.251 e. The van der Waals surface area contributed by atoms with Crippen LogP contribution in [0.25, 0.3) is 43.8 Å². The molecule has 0 spiro atoms. The first-order valence-electron chi connectivity index (χ1n) is 11.7. The average molecular weight is 471 g/mol. The smallest absolute Gasteiger partial charge is 0.251 e. The fourth-order valence-electron chi connectivity index (χ4n) is 5.04. The molecule has 0 aliphatic rings. The molecule has 3 heterocycles. The van der Waals surface area contributed by atoms with Gasteiger partial charge in [0.25, 0.3) is 5.91 Å². The van der Waals surface area contributed by atoms with Crippen LogP contribution in [0.1, 0.15) is 32.7 Å². The van der Waals surface area contributed by atoms with Gasteiger partial charge in [-0.05, 0) is 78.6 Å². The van der Waals surface area contributed by atoms with Crippen LogP contribution in [0.3, 0.4) is 0 Å². The highest BCUT2D eigenvalue weighted by molar-refractivity contribution is 6.26. The topological polar surface area (TPSA) is 105 Å². The quantitative estimate of drug-likeness (QED) is 0.297. The molecule has 3 aromatic carbocycles. The van der Waals surface area contributed by atoms with Crippen LogP contribution in [0.5, 0.6) is 0 Å². The molecule has 0 unspecified atom stereocenters. The lowest BCUT2D eigenvalue weighted by Gasteiger charge is -2.11. The molecule has 0 atom stereocenters. The van der Waals surface area contributed by atoms with Gasteiger partial charge in [0.1, 0.15) is 17.0 Å². The molecule has 36 heavy (non-hydrogen) atoms. The Morgan fingerprint density at radius 3 is 2.44 bits per heavy atom. The number of nitriles is 1. The van der Waals surface area contributed by atoms with E-state index in [2.05, 4.69) is 22.4 Å². The highest BCUT2D eigenvalue weighted by Gasteiger charge is 2.20. The van der Waals surface area contributed by atoms with Crippen molar-refractivity contribution in [2.75, 3.05) is 5.73 Å². The molecule has 2 bridgehead atoms. The zero-order valence-corrected chi connectivity index (χ0v) is 19.8. The van der Waals surface area contributed by atoms with Gasteiger partial charge in [-0.25, -0.2) is 4.98 Å². The molecular formula is C30H22N4O2. The lowest BCUT2D eigenvalue weighted by molar-refractivity contribution is 0.0951. The van der Waals surface area contributed by atoms with Crippen LogP contribution < -0.4 is 11.1 Å². The summed E-state index contributed by atoms with van der Waals surface area (Å²) in [6.45, 7) is 4.23. The van der Waals surface area contributed by atoms with Crippen LogP contribution in [-0.4, -0.2) is 10.9 Å². The number of amides is 1.